The fraction of sp³-hybridized carbons (Fsp3) is 0.364. The van der Waals surface area contributed by atoms with Crippen LogP contribution in [0.5, 0.6) is 0 Å². The van der Waals surface area contributed by atoms with E-state index >= 15 is 0 Å². The number of nitrogens with zero attached hydrogens (tertiary/aromatic N) is 1. The van der Waals surface area contributed by atoms with Gasteiger partial charge in [-0.2, -0.15) is 0 Å². The molecule has 2 amide bonds. The van der Waals surface area contributed by atoms with Crippen LogP contribution in [0.25, 0.3) is 0 Å². The predicted octanol–water partition coefficient (Wildman–Crippen LogP) is 5.01. The Balaban J connectivity index is 2.27. The number of carbonyl (C=O) groups is 2. The Labute approximate surface area is 181 Å². The molecule has 0 saturated heterocycles. The largest absolute Gasteiger partial charge is 0.354 e. The maximum Gasteiger partial charge on any atom is 0.242 e. The minimum atomic E-state index is -0.623. The second-order valence-corrected chi connectivity index (χ2v) is 7.60. The van der Waals surface area contributed by atoms with Crippen molar-refractivity contribution in [3.8, 4) is 0 Å². The van der Waals surface area contributed by atoms with E-state index in [9.17, 15) is 14.0 Å². The zero-order valence-corrected chi connectivity index (χ0v) is 18.1. The van der Waals surface area contributed by atoms with Gasteiger partial charge in [0, 0.05) is 13.1 Å². The van der Waals surface area contributed by atoms with E-state index in [1.165, 1.54) is 12.1 Å². The van der Waals surface area contributed by atoms with Crippen molar-refractivity contribution in [2.75, 3.05) is 6.54 Å². The first-order chi connectivity index (χ1) is 13.8. The molecule has 1 atom stereocenters. The summed E-state index contributed by atoms with van der Waals surface area (Å²) in [6.45, 7) is 4.58. The van der Waals surface area contributed by atoms with Crippen molar-refractivity contribution in [3.63, 3.8) is 0 Å². The normalized spacial score (nSPS) is 11.8. The molecule has 7 heteroatoms. The average Bonchev–Trinajstić information content (AvgIpc) is 2.70. The molecule has 0 aromatic heterocycles. The van der Waals surface area contributed by atoms with Gasteiger partial charge >= 0.3 is 0 Å². The molecule has 29 heavy (non-hydrogen) atoms. The van der Waals surface area contributed by atoms with Crippen LogP contribution < -0.4 is 5.32 Å². The highest BCUT2D eigenvalue weighted by molar-refractivity contribution is 6.42. The molecular weight excluding hydrogens is 414 g/mol. The van der Waals surface area contributed by atoms with E-state index in [1.807, 2.05) is 13.8 Å². The van der Waals surface area contributed by atoms with Gasteiger partial charge in [-0.3, -0.25) is 9.59 Å². The van der Waals surface area contributed by atoms with Gasteiger partial charge in [0.1, 0.15) is 11.9 Å². The molecule has 156 valence electrons. The van der Waals surface area contributed by atoms with Gasteiger partial charge in [0.25, 0.3) is 0 Å². The number of carbonyl (C=O) groups excluding carboxylic acids is 2. The number of nitrogens with one attached hydrogen (secondary N) is 1. The highest BCUT2D eigenvalue weighted by Gasteiger charge is 2.28. The summed E-state index contributed by atoms with van der Waals surface area (Å²) < 4.78 is 13.3. The number of hydrogen-bond donors (Lipinski definition) is 1. The lowest BCUT2D eigenvalue weighted by atomic mass is 10.1. The standard InChI is InChI=1S/C22H25Cl2FN2O2/c1-3-11-26-22(29)20(4-2)27(14-15-5-8-17(25)9-6-15)21(28)13-16-7-10-18(23)19(24)12-16/h5-10,12,20H,3-4,11,13-14H2,1-2H3,(H,26,29)/t20-/m1/s1. The van der Waals surface area contributed by atoms with E-state index in [4.69, 9.17) is 23.2 Å². The second-order valence-electron chi connectivity index (χ2n) is 6.79. The topological polar surface area (TPSA) is 49.4 Å². The molecule has 0 spiro atoms. The number of rotatable bonds is 9. The maximum absolute atomic E-state index is 13.3. The van der Waals surface area contributed by atoms with Crippen molar-refractivity contribution in [2.45, 2.75) is 45.7 Å². The van der Waals surface area contributed by atoms with Gasteiger partial charge < -0.3 is 10.2 Å². The predicted molar refractivity (Wildman–Crippen MR) is 114 cm³/mol. The summed E-state index contributed by atoms with van der Waals surface area (Å²) in [6, 6.07) is 10.3. The minimum Gasteiger partial charge on any atom is -0.354 e. The van der Waals surface area contributed by atoms with Crippen molar-refractivity contribution in [1.29, 1.82) is 0 Å². The zero-order chi connectivity index (χ0) is 21.4. The maximum atomic E-state index is 13.3. The average molecular weight is 439 g/mol. The fourth-order valence-electron chi connectivity index (χ4n) is 3.00. The molecular formula is C22H25Cl2FN2O2. The number of benzene rings is 2. The Bertz CT molecular complexity index is 843. The Morgan fingerprint density at radius 1 is 1.03 bits per heavy atom. The molecule has 2 rings (SSSR count). The molecule has 0 radical (unpaired) electrons. The minimum absolute atomic E-state index is 0.0790. The first-order valence-electron chi connectivity index (χ1n) is 9.61. The van der Waals surface area contributed by atoms with E-state index in [2.05, 4.69) is 5.32 Å². The van der Waals surface area contributed by atoms with Gasteiger partial charge in [-0.25, -0.2) is 4.39 Å². The first-order valence-corrected chi connectivity index (χ1v) is 10.4. The van der Waals surface area contributed by atoms with E-state index in [-0.39, 0.29) is 30.6 Å². The molecule has 0 unspecified atom stereocenters. The highest BCUT2D eigenvalue weighted by atomic mass is 35.5. The van der Waals surface area contributed by atoms with Crippen LogP contribution in [0, 0.1) is 5.82 Å². The smallest absolute Gasteiger partial charge is 0.242 e. The molecule has 0 fully saturated rings. The molecule has 0 heterocycles. The van der Waals surface area contributed by atoms with Gasteiger partial charge in [-0.05, 0) is 48.2 Å². The third-order valence-corrected chi connectivity index (χ3v) is 5.28. The van der Waals surface area contributed by atoms with E-state index in [0.29, 0.717) is 28.6 Å². The number of hydrogen-bond acceptors (Lipinski definition) is 2. The van der Waals surface area contributed by atoms with Crippen LogP contribution in [0.1, 0.15) is 37.8 Å². The van der Waals surface area contributed by atoms with Crippen LogP contribution in [-0.2, 0) is 22.6 Å². The Morgan fingerprint density at radius 2 is 1.69 bits per heavy atom. The molecule has 0 aliphatic heterocycles. The summed E-state index contributed by atoms with van der Waals surface area (Å²) in [4.78, 5) is 27.4. The molecule has 0 aliphatic rings. The van der Waals surface area contributed by atoms with Crippen LogP contribution in [0.3, 0.4) is 0 Å². The highest BCUT2D eigenvalue weighted by Crippen LogP contribution is 2.23. The zero-order valence-electron chi connectivity index (χ0n) is 16.6. The van der Waals surface area contributed by atoms with Gasteiger partial charge in [-0.1, -0.05) is 55.2 Å². The van der Waals surface area contributed by atoms with E-state index < -0.39 is 6.04 Å². The van der Waals surface area contributed by atoms with Crippen LogP contribution in [0.4, 0.5) is 4.39 Å². The molecule has 0 aliphatic carbocycles. The van der Waals surface area contributed by atoms with Crippen LogP contribution in [0.15, 0.2) is 42.5 Å². The molecule has 0 saturated carbocycles. The lowest BCUT2D eigenvalue weighted by molar-refractivity contribution is -0.140. The van der Waals surface area contributed by atoms with Gasteiger partial charge in [0.05, 0.1) is 16.5 Å². The van der Waals surface area contributed by atoms with Gasteiger partial charge in [0.15, 0.2) is 0 Å². The molecule has 2 aromatic rings. The van der Waals surface area contributed by atoms with Crippen LogP contribution in [-0.4, -0.2) is 29.3 Å². The Kier molecular flexibility index (Phi) is 8.93. The van der Waals surface area contributed by atoms with Crippen molar-refractivity contribution >= 4 is 35.0 Å². The lowest BCUT2D eigenvalue weighted by Crippen LogP contribution is -2.49. The van der Waals surface area contributed by atoms with Gasteiger partial charge in [-0.15, -0.1) is 0 Å². The number of halogens is 3. The van der Waals surface area contributed by atoms with Crippen molar-refractivity contribution in [3.05, 3.63) is 69.5 Å². The SMILES string of the molecule is CCCNC(=O)[C@@H](CC)N(Cc1ccc(F)cc1)C(=O)Cc1ccc(Cl)c(Cl)c1. The molecule has 4 nitrogen and oxygen atoms in total. The molecule has 0 bridgehead atoms. The summed E-state index contributed by atoms with van der Waals surface area (Å²) in [5, 5.41) is 3.65. The van der Waals surface area contributed by atoms with Crippen molar-refractivity contribution in [1.82, 2.24) is 10.2 Å². The summed E-state index contributed by atoms with van der Waals surface area (Å²) in [5.74, 6) is -0.764. The monoisotopic (exact) mass is 438 g/mol. The Morgan fingerprint density at radius 3 is 2.28 bits per heavy atom. The van der Waals surface area contributed by atoms with Gasteiger partial charge in [0.2, 0.25) is 11.8 Å². The number of amides is 2. The third kappa shape index (κ3) is 6.72. The molecule has 1 N–H and O–H groups in total. The molecule has 2 aromatic carbocycles. The lowest BCUT2D eigenvalue weighted by Gasteiger charge is -2.31. The fourth-order valence-corrected chi connectivity index (χ4v) is 3.32. The van der Waals surface area contributed by atoms with E-state index in [1.54, 1.807) is 35.2 Å². The van der Waals surface area contributed by atoms with Crippen molar-refractivity contribution in [2.24, 2.45) is 0 Å². The van der Waals surface area contributed by atoms with E-state index in [0.717, 1.165) is 12.0 Å². The quantitative estimate of drug-likeness (QED) is 0.597. The van der Waals surface area contributed by atoms with Crippen LogP contribution in [0.2, 0.25) is 10.0 Å². The second kappa shape index (κ2) is 11.2. The third-order valence-electron chi connectivity index (χ3n) is 4.54. The summed E-state index contributed by atoms with van der Waals surface area (Å²) in [5.41, 5.74) is 1.45. The summed E-state index contributed by atoms with van der Waals surface area (Å²) in [7, 11) is 0. The first kappa shape index (κ1) is 23.2. The Hall–Kier alpha value is -2.11. The van der Waals surface area contributed by atoms with Crippen molar-refractivity contribution < 1.29 is 14.0 Å². The van der Waals surface area contributed by atoms with Crippen LogP contribution >= 0.6 is 23.2 Å². The summed E-state index contributed by atoms with van der Waals surface area (Å²) in [6.07, 6.45) is 1.34. The summed E-state index contributed by atoms with van der Waals surface area (Å²) >= 11 is 12.0.